The topological polar surface area (TPSA) is 52.6 Å². The first-order valence-corrected chi connectivity index (χ1v) is 23.9. The number of rotatable bonds is 38. The summed E-state index contributed by atoms with van der Waals surface area (Å²) in [6.45, 7) is 9.12. The molecule has 0 amide bonds. The van der Waals surface area contributed by atoms with Crippen LogP contribution in [0.2, 0.25) is 0 Å². The molecule has 1 aromatic carbocycles. The number of carbonyl (C=O) groups is 2. The Labute approximate surface area is 336 Å². The summed E-state index contributed by atoms with van der Waals surface area (Å²) in [6.07, 6.45) is 44.1. The lowest BCUT2D eigenvalue weighted by Gasteiger charge is -2.26. The summed E-state index contributed by atoms with van der Waals surface area (Å²) in [6, 6.07) is 0. The minimum atomic E-state index is -0.363. The molecule has 4 nitrogen and oxygen atoms in total. The van der Waals surface area contributed by atoms with Crippen LogP contribution in [0.4, 0.5) is 0 Å². The fourth-order valence-corrected chi connectivity index (χ4v) is 8.52. The quantitative estimate of drug-likeness (QED) is 0.0498. The molecule has 0 aliphatic heterocycles. The van der Waals surface area contributed by atoms with Gasteiger partial charge < -0.3 is 9.47 Å². The molecule has 0 spiro atoms. The Morgan fingerprint density at radius 1 is 0.296 bits per heavy atom. The van der Waals surface area contributed by atoms with Crippen molar-refractivity contribution < 1.29 is 19.1 Å². The van der Waals surface area contributed by atoms with E-state index in [-0.39, 0.29) is 11.9 Å². The van der Waals surface area contributed by atoms with Crippen LogP contribution in [-0.2, 0) is 35.2 Å². The molecule has 0 saturated carbocycles. The number of esters is 2. The maximum Gasteiger partial charge on any atom is 0.339 e. The predicted molar refractivity (Wildman–Crippen MR) is 234 cm³/mol. The van der Waals surface area contributed by atoms with Crippen LogP contribution in [0.25, 0.3) is 0 Å². The van der Waals surface area contributed by atoms with E-state index in [1.54, 1.807) is 0 Å². The molecule has 0 saturated heterocycles. The summed E-state index contributed by atoms with van der Waals surface area (Å²) in [5.74, 6) is -0.726. The van der Waals surface area contributed by atoms with Gasteiger partial charge in [-0.15, -0.1) is 0 Å². The standard InChI is InChI=1S/C50H90O4/c1-7-11-15-19-23-27-31-35-39-43-44(40-36-32-28-24-20-16-12-8-2)46(42-38-34-30-26-22-18-14-10-4)48(50(52)54-6)47(49(51)53-5)45(43)41-37-33-29-25-21-17-13-9-3/h7-42H2,1-6H3. The van der Waals surface area contributed by atoms with Crippen LogP contribution in [0.5, 0.6) is 0 Å². The number of hydrogen-bond acceptors (Lipinski definition) is 4. The highest BCUT2D eigenvalue weighted by Crippen LogP contribution is 2.35. The lowest BCUT2D eigenvalue weighted by molar-refractivity contribution is 0.0552. The van der Waals surface area contributed by atoms with Crippen LogP contribution in [0.15, 0.2) is 0 Å². The molecule has 0 fully saturated rings. The zero-order valence-corrected chi connectivity index (χ0v) is 37.1. The van der Waals surface area contributed by atoms with E-state index in [0.717, 1.165) is 75.3 Å². The number of unbranched alkanes of at least 4 members (excludes halogenated alkanes) is 28. The van der Waals surface area contributed by atoms with Gasteiger partial charge in [0.2, 0.25) is 0 Å². The molecule has 4 heteroatoms. The van der Waals surface area contributed by atoms with E-state index < -0.39 is 0 Å². The van der Waals surface area contributed by atoms with Gasteiger partial charge >= 0.3 is 11.9 Å². The van der Waals surface area contributed by atoms with Crippen molar-refractivity contribution in [2.75, 3.05) is 14.2 Å². The SMILES string of the molecule is CCCCCCCCCCc1c(CCCCCCCCCC)c(CCCCCCCCCC)c(C(=O)OC)c(C(=O)OC)c1CCCCCCCCCC. The maximum atomic E-state index is 13.9. The Kier molecular flexibility index (Phi) is 33.0. The summed E-state index contributed by atoms with van der Waals surface area (Å²) >= 11 is 0. The molecule has 0 aliphatic carbocycles. The van der Waals surface area contributed by atoms with Gasteiger partial charge in [0.1, 0.15) is 0 Å². The first-order chi connectivity index (χ1) is 26.5. The Bertz CT molecular complexity index is 976. The van der Waals surface area contributed by atoms with Crippen LogP contribution in [0.1, 0.15) is 276 Å². The molecule has 1 aromatic rings. The minimum Gasteiger partial charge on any atom is -0.465 e. The molecule has 0 aromatic heterocycles. The van der Waals surface area contributed by atoms with Crippen molar-refractivity contribution in [2.45, 2.75) is 259 Å². The zero-order valence-electron chi connectivity index (χ0n) is 37.1. The van der Waals surface area contributed by atoms with Gasteiger partial charge in [0, 0.05) is 0 Å². The van der Waals surface area contributed by atoms with Crippen molar-refractivity contribution in [3.63, 3.8) is 0 Å². The van der Waals surface area contributed by atoms with Gasteiger partial charge in [-0.2, -0.15) is 0 Å². The zero-order chi connectivity index (χ0) is 39.5. The van der Waals surface area contributed by atoms with Gasteiger partial charge in [-0.05, 0) is 73.6 Å². The van der Waals surface area contributed by atoms with Gasteiger partial charge in [0.05, 0.1) is 25.3 Å². The average molecular weight is 755 g/mol. The second-order valence-corrected chi connectivity index (χ2v) is 16.5. The van der Waals surface area contributed by atoms with Crippen molar-refractivity contribution in [3.8, 4) is 0 Å². The number of carbonyl (C=O) groups excluding carboxylic acids is 2. The van der Waals surface area contributed by atoms with Crippen molar-refractivity contribution in [2.24, 2.45) is 0 Å². The van der Waals surface area contributed by atoms with E-state index in [4.69, 9.17) is 9.47 Å². The highest BCUT2D eigenvalue weighted by Gasteiger charge is 2.31. The van der Waals surface area contributed by atoms with Gasteiger partial charge in [-0.3, -0.25) is 0 Å². The van der Waals surface area contributed by atoms with Crippen molar-refractivity contribution >= 4 is 11.9 Å². The summed E-state index contributed by atoms with van der Waals surface area (Å²) in [7, 11) is 2.96. The molecule has 0 bridgehead atoms. The fraction of sp³-hybridized carbons (Fsp3) is 0.840. The molecule has 0 aliphatic rings. The van der Waals surface area contributed by atoms with Gasteiger partial charge in [0.25, 0.3) is 0 Å². The molecule has 54 heavy (non-hydrogen) atoms. The summed E-state index contributed by atoms with van der Waals surface area (Å²) in [5, 5.41) is 0. The van der Waals surface area contributed by atoms with E-state index in [9.17, 15) is 9.59 Å². The first-order valence-electron chi connectivity index (χ1n) is 23.9. The molecule has 0 atom stereocenters. The third-order valence-electron chi connectivity index (χ3n) is 11.8. The number of benzene rings is 1. The molecule has 314 valence electrons. The highest BCUT2D eigenvalue weighted by atomic mass is 16.5. The molecular weight excluding hydrogens is 665 g/mol. The van der Waals surface area contributed by atoms with Crippen LogP contribution in [0, 0.1) is 0 Å². The first kappa shape index (κ1) is 50.2. The number of ether oxygens (including phenoxy) is 2. The lowest BCUT2D eigenvalue weighted by atomic mass is 9.79. The van der Waals surface area contributed by atoms with Crippen LogP contribution in [-0.4, -0.2) is 26.2 Å². The smallest absolute Gasteiger partial charge is 0.339 e. The average Bonchev–Trinajstić information content (AvgIpc) is 3.18. The molecule has 0 unspecified atom stereocenters. The second kappa shape index (κ2) is 35.6. The van der Waals surface area contributed by atoms with E-state index >= 15 is 0 Å². The number of hydrogen-bond donors (Lipinski definition) is 0. The summed E-state index contributed by atoms with van der Waals surface area (Å²) < 4.78 is 11.1. The van der Waals surface area contributed by atoms with E-state index in [2.05, 4.69) is 27.7 Å². The third-order valence-corrected chi connectivity index (χ3v) is 11.8. The lowest BCUT2D eigenvalue weighted by Crippen LogP contribution is -2.22. The van der Waals surface area contributed by atoms with Gasteiger partial charge in [-0.1, -0.05) is 207 Å². The molecule has 0 heterocycles. The van der Waals surface area contributed by atoms with Crippen LogP contribution in [0.3, 0.4) is 0 Å². The minimum absolute atomic E-state index is 0.363. The third kappa shape index (κ3) is 22.0. The van der Waals surface area contributed by atoms with Crippen molar-refractivity contribution in [1.29, 1.82) is 0 Å². The molecule has 0 radical (unpaired) electrons. The maximum absolute atomic E-state index is 13.9. The van der Waals surface area contributed by atoms with Gasteiger partial charge in [-0.25, -0.2) is 9.59 Å². The Morgan fingerprint density at radius 3 is 0.685 bits per heavy atom. The van der Waals surface area contributed by atoms with Crippen molar-refractivity contribution in [1.82, 2.24) is 0 Å². The van der Waals surface area contributed by atoms with E-state index in [1.165, 1.54) is 192 Å². The molecule has 1 rings (SSSR count). The summed E-state index contributed by atoms with van der Waals surface area (Å²) in [5.41, 5.74) is 6.02. The van der Waals surface area contributed by atoms with Crippen molar-refractivity contribution in [3.05, 3.63) is 33.4 Å². The monoisotopic (exact) mass is 755 g/mol. The summed E-state index contributed by atoms with van der Waals surface area (Å²) in [4.78, 5) is 27.8. The molecular formula is C50H90O4. The largest absolute Gasteiger partial charge is 0.465 e. The highest BCUT2D eigenvalue weighted by molar-refractivity contribution is 6.06. The van der Waals surface area contributed by atoms with Gasteiger partial charge in [0.15, 0.2) is 0 Å². The normalized spacial score (nSPS) is 11.4. The Hall–Kier alpha value is -1.84. The molecule has 0 N–H and O–H groups in total. The van der Waals surface area contributed by atoms with E-state index in [0.29, 0.717) is 11.1 Å². The Morgan fingerprint density at radius 2 is 0.481 bits per heavy atom. The predicted octanol–water partition coefficient (Wildman–Crippen LogP) is 16.0. The van der Waals surface area contributed by atoms with Crippen LogP contribution >= 0.6 is 0 Å². The van der Waals surface area contributed by atoms with E-state index in [1.807, 2.05) is 0 Å². The Balaban J connectivity index is 3.55. The van der Waals surface area contributed by atoms with Crippen LogP contribution < -0.4 is 0 Å². The second-order valence-electron chi connectivity index (χ2n) is 16.5. The fourth-order valence-electron chi connectivity index (χ4n) is 8.52. The number of methoxy groups -OCH3 is 2.